The minimum absolute atomic E-state index is 0.222. The first-order valence-electron chi connectivity index (χ1n) is 5.99. The van der Waals surface area contributed by atoms with Crippen molar-refractivity contribution in [1.82, 2.24) is 14.8 Å². The first kappa shape index (κ1) is 15.6. The van der Waals surface area contributed by atoms with Crippen LogP contribution in [0, 0.1) is 6.92 Å². The third-order valence-electron chi connectivity index (χ3n) is 2.59. The molecule has 0 saturated heterocycles. The number of anilines is 1. The number of halogens is 1. The highest BCUT2D eigenvalue weighted by Crippen LogP contribution is 2.18. The van der Waals surface area contributed by atoms with Gasteiger partial charge in [0.2, 0.25) is 0 Å². The van der Waals surface area contributed by atoms with Crippen molar-refractivity contribution in [3.05, 3.63) is 37.1 Å². The van der Waals surface area contributed by atoms with E-state index in [4.69, 9.17) is 0 Å². The summed E-state index contributed by atoms with van der Waals surface area (Å²) in [4.78, 5) is 28.6. The molecule has 0 aliphatic rings. The predicted molar refractivity (Wildman–Crippen MR) is 82.4 cm³/mol. The highest BCUT2D eigenvalue weighted by atomic mass is 79.9. The Labute approximate surface area is 133 Å². The number of rotatable bonds is 5. The maximum Gasteiger partial charge on any atom is 0.327 e. The summed E-state index contributed by atoms with van der Waals surface area (Å²) in [6.07, 6.45) is 3.28. The Balaban J connectivity index is 2.13. The zero-order valence-electron chi connectivity index (χ0n) is 11.4. The lowest BCUT2D eigenvalue weighted by Crippen LogP contribution is -2.28. The van der Waals surface area contributed by atoms with Crippen LogP contribution in [0.3, 0.4) is 0 Å². The molecule has 2 rings (SSSR count). The third-order valence-corrected chi connectivity index (χ3v) is 4.27. The highest BCUT2D eigenvalue weighted by molar-refractivity contribution is 9.10. The second kappa shape index (κ2) is 6.81. The molecule has 0 spiro atoms. The van der Waals surface area contributed by atoms with Gasteiger partial charge in [-0.25, -0.2) is 9.67 Å². The molecule has 0 unspecified atom stereocenters. The fourth-order valence-electron chi connectivity index (χ4n) is 1.54. The molecular formula is C12H13BrN4O3S. The zero-order chi connectivity index (χ0) is 15.4. The molecule has 0 atom stereocenters. The van der Waals surface area contributed by atoms with Gasteiger partial charge in [0.05, 0.1) is 25.5 Å². The molecule has 0 radical (unpaired) electrons. The van der Waals surface area contributed by atoms with Crippen molar-refractivity contribution in [2.45, 2.75) is 20.0 Å². The molecule has 0 amide bonds. The van der Waals surface area contributed by atoms with Gasteiger partial charge in [0.15, 0.2) is 0 Å². The van der Waals surface area contributed by atoms with Gasteiger partial charge in [0, 0.05) is 11.1 Å². The molecule has 2 aromatic heterocycles. The van der Waals surface area contributed by atoms with Gasteiger partial charge in [-0.2, -0.15) is 5.10 Å². The number of carbonyl (C=O) groups excluding carboxylic acids is 1. The second-order valence-corrected chi connectivity index (χ2v) is 6.24. The first-order chi connectivity index (χ1) is 10.0. The standard InChI is InChI=1S/C12H13BrN4O3S/c1-7-3-15-9(21-7)5-14-8-4-16-17(6-10(18)20-2)12(19)11(8)13/h3-4,14H,5-6H2,1-2H3. The summed E-state index contributed by atoms with van der Waals surface area (Å²) >= 11 is 4.79. The van der Waals surface area contributed by atoms with Gasteiger partial charge >= 0.3 is 5.97 Å². The number of nitrogens with one attached hydrogen (secondary N) is 1. The summed E-state index contributed by atoms with van der Waals surface area (Å²) in [7, 11) is 1.26. The number of carbonyl (C=O) groups is 1. The number of aromatic nitrogens is 3. The SMILES string of the molecule is COC(=O)Cn1ncc(NCc2ncc(C)s2)c(Br)c1=O. The van der Waals surface area contributed by atoms with E-state index >= 15 is 0 Å². The Hall–Kier alpha value is -1.74. The average Bonchev–Trinajstić information content (AvgIpc) is 2.88. The number of hydrogen-bond donors (Lipinski definition) is 1. The lowest BCUT2D eigenvalue weighted by atomic mass is 10.4. The number of esters is 1. The molecule has 2 heterocycles. The van der Waals surface area contributed by atoms with Crippen LogP contribution in [-0.4, -0.2) is 27.8 Å². The Morgan fingerprint density at radius 3 is 2.90 bits per heavy atom. The Morgan fingerprint density at radius 1 is 1.52 bits per heavy atom. The van der Waals surface area contributed by atoms with E-state index in [0.29, 0.717) is 16.7 Å². The van der Waals surface area contributed by atoms with Gasteiger partial charge < -0.3 is 10.1 Å². The predicted octanol–water partition coefficient (Wildman–Crippen LogP) is 1.56. The van der Waals surface area contributed by atoms with E-state index in [1.807, 2.05) is 6.92 Å². The van der Waals surface area contributed by atoms with Crippen LogP contribution < -0.4 is 10.9 Å². The largest absolute Gasteiger partial charge is 0.468 e. The van der Waals surface area contributed by atoms with Crippen LogP contribution in [-0.2, 0) is 22.6 Å². The molecule has 2 aromatic rings. The third kappa shape index (κ3) is 3.88. The van der Waals surface area contributed by atoms with Crippen molar-refractivity contribution in [2.75, 3.05) is 12.4 Å². The summed E-state index contributed by atoms with van der Waals surface area (Å²) in [6.45, 7) is 2.26. The Bertz CT molecular complexity index is 713. The van der Waals surface area contributed by atoms with Crippen molar-refractivity contribution in [2.24, 2.45) is 0 Å². The fraction of sp³-hybridized carbons (Fsp3) is 0.333. The highest BCUT2D eigenvalue weighted by Gasteiger charge is 2.12. The van der Waals surface area contributed by atoms with Gasteiger partial charge in [-0.3, -0.25) is 9.59 Å². The molecule has 0 aliphatic heterocycles. The molecule has 0 aromatic carbocycles. The van der Waals surface area contributed by atoms with E-state index in [-0.39, 0.29) is 6.54 Å². The summed E-state index contributed by atoms with van der Waals surface area (Å²) in [5, 5.41) is 7.94. The van der Waals surface area contributed by atoms with Crippen LogP contribution >= 0.6 is 27.3 Å². The van der Waals surface area contributed by atoms with Gasteiger partial charge in [-0.05, 0) is 22.9 Å². The van der Waals surface area contributed by atoms with Gasteiger partial charge in [-0.15, -0.1) is 11.3 Å². The average molecular weight is 373 g/mol. The van der Waals surface area contributed by atoms with Crippen molar-refractivity contribution >= 4 is 38.9 Å². The van der Waals surface area contributed by atoms with Crippen LogP contribution in [0.15, 0.2) is 21.7 Å². The molecule has 0 fully saturated rings. The number of thiazole rings is 1. The molecule has 9 heteroatoms. The topological polar surface area (TPSA) is 86.1 Å². The number of nitrogens with zero attached hydrogens (tertiary/aromatic N) is 3. The molecule has 21 heavy (non-hydrogen) atoms. The molecular weight excluding hydrogens is 360 g/mol. The van der Waals surface area contributed by atoms with E-state index in [9.17, 15) is 9.59 Å². The van der Waals surface area contributed by atoms with Crippen molar-refractivity contribution < 1.29 is 9.53 Å². The van der Waals surface area contributed by atoms with Crippen molar-refractivity contribution in [3.8, 4) is 0 Å². The fourth-order valence-corrected chi connectivity index (χ4v) is 2.72. The van der Waals surface area contributed by atoms with Gasteiger partial charge in [0.1, 0.15) is 16.0 Å². The molecule has 112 valence electrons. The molecule has 7 nitrogen and oxygen atoms in total. The van der Waals surface area contributed by atoms with Crippen LogP contribution in [0.2, 0.25) is 0 Å². The summed E-state index contributed by atoms with van der Waals surface area (Å²) in [5.74, 6) is -0.532. The Morgan fingerprint density at radius 2 is 2.29 bits per heavy atom. The number of aryl methyl sites for hydroxylation is 1. The second-order valence-electron chi connectivity index (χ2n) is 4.13. The van der Waals surface area contributed by atoms with Crippen molar-refractivity contribution in [3.63, 3.8) is 0 Å². The van der Waals surface area contributed by atoms with E-state index in [1.54, 1.807) is 17.5 Å². The van der Waals surface area contributed by atoms with E-state index in [0.717, 1.165) is 14.6 Å². The van der Waals surface area contributed by atoms with Crippen LogP contribution in [0.5, 0.6) is 0 Å². The number of methoxy groups -OCH3 is 1. The smallest absolute Gasteiger partial charge is 0.327 e. The first-order valence-corrected chi connectivity index (χ1v) is 7.60. The van der Waals surface area contributed by atoms with E-state index in [1.165, 1.54) is 13.3 Å². The van der Waals surface area contributed by atoms with Gasteiger partial charge in [0.25, 0.3) is 5.56 Å². The lowest BCUT2D eigenvalue weighted by Gasteiger charge is -2.08. The molecule has 1 N–H and O–H groups in total. The normalized spacial score (nSPS) is 10.4. The summed E-state index contributed by atoms with van der Waals surface area (Å²) in [5.41, 5.74) is 0.148. The van der Waals surface area contributed by atoms with Crippen LogP contribution in [0.25, 0.3) is 0 Å². The summed E-state index contributed by atoms with van der Waals surface area (Å²) < 4.78 is 5.86. The lowest BCUT2D eigenvalue weighted by molar-refractivity contribution is -0.141. The Kier molecular flexibility index (Phi) is 5.07. The summed E-state index contributed by atoms with van der Waals surface area (Å²) in [6, 6.07) is 0. The molecule has 0 bridgehead atoms. The zero-order valence-corrected chi connectivity index (χ0v) is 13.8. The van der Waals surface area contributed by atoms with Crippen LogP contribution in [0.4, 0.5) is 5.69 Å². The van der Waals surface area contributed by atoms with Crippen LogP contribution in [0.1, 0.15) is 9.88 Å². The number of hydrogen-bond acceptors (Lipinski definition) is 7. The van der Waals surface area contributed by atoms with Crippen molar-refractivity contribution in [1.29, 1.82) is 0 Å². The van der Waals surface area contributed by atoms with E-state index in [2.05, 4.69) is 36.1 Å². The maximum atomic E-state index is 12.0. The van der Waals surface area contributed by atoms with Gasteiger partial charge in [-0.1, -0.05) is 0 Å². The van der Waals surface area contributed by atoms with E-state index < -0.39 is 11.5 Å². The molecule has 0 saturated carbocycles. The molecule has 0 aliphatic carbocycles. The minimum Gasteiger partial charge on any atom is -0.468 e. The quantitative estimate of drug-likeness (QED) is 0.801. The monoisotopic (exact) mass is 372 g/mol. The minimum atomic E-state index is -0.532. The maximum absolute atomic E-state index is 12.0. The number of ether oxygens (including phenoxy) is 1.